The minimum atomic E-state index is -0.0157. The minimum Gasteiger partial charge on any atom is -0.383 e. The van der Waals surface area contributed by atoms with Gasteiger partial charge in [0.05, 0.1) is 35.4 Å². The Kier molecular flexibility index (Phi) is 5.89. The molecule has 20 heavy (non-hydrogen) atoms. The number of nitrogens with zero attached hydrogens (tertiary/aromatic N) is 2. The lowest BCUT2D eigenvalue weighted by atomic mass is 10.1. The first-order valence-electron chi connectivity index (χ1n) is 6.60. The smallest absolute Gasteiger partial charge is 0.0817 e. The lowest BCUT2D eigenvalue weighted by Crippen LogP contribution is -2.10. The second-order valence-electron chi connectivity index (χ2n) is 4.57. The molecule has 0 saturated heterocycles. The maximum Gasteiger partial charge on any atom is 0.0817 e. The third kappa shape index (κ3) is 3.98. The van der Waals surface area contributed by atoms with Crippen LogP contribution in [0.15, 0.2) is 36.5 Å². The maximum atomic E-state index is 6.43. The molecule has 1 heterocycles. The molecule has 1 unspecified atom stereocenters. The second kappa shape index (κ2) is 7.67. The van der Waals surface area contributed by atoms with Gasteiger partial charge in [-0.1, -0.05) is 41.9 Å². The molecule has 0 aliphatic heterocycles. The van der Waals surface area contributed by atoms with Crippen LogP contribution >= 0.6 is 23.2 Å². The molecule has 0 saturated carbocycles. The number of benzene rings is 1. The monoisotopic (exact) mass is 312 g/mol. The summed E-state index contributed by atoms with van der Waals surface area (Å²) in [6.45, 7) is 1.32. The van der Waals surface area contributed by atoms with Crippen molar-refractivity contribution in [2.45, 2.75) is 24.8 Å². The van der Waals surface area contributed by atoms with E-state index < -0.39 is 0 Å². The first-order chi connectivity index (χ1) is 9.72. The minimum absolute atomic E-state index is 0.0157. The van der Waals surface area contributed by atoms with E-state index in [4.69, 9.17) is 27.9 Å². The predicted octanol–water partition coefficient (Wildman–Crippen LogP) is 4.10. The van der Waals surface area contributed by atoms with Gasteiger partial charge in [-0.2, -0.15) is 5.10 Å². The first-order valence-corrected chi connectivity index (χ1v) is 7.42. The van der Waals surface area contributed by atoms with Gasteiger partial charge in [0.1, 0.15) is 0 Å². The van der Waals surface area contributed by atoms with E-state index in [9.17, 15) is 0 Å². The molecule has 0 amide bonds. The molecule has 2 rings (SSSR count). The number of aromatic nitrogens is 2. The molecule has 0 radical (unpaired) electrons. The quantitative estimate of drug-likeness (QED) is 0.720. The average Bonchev–Trinajstić information content (AvgIpc) is 2.84. The molecular weight excluding hydrogens is 295 g/mol. The molecule has 0 aliphatic rings. The molecule has 0 aliphatic carbocycles. The summed E-state index contributed by atoms with van der Waals surface area (Å²) in [4.78, 5) is 0. The Morgan fingerprint density at radius 1 is 1.30 bits per heavy atom. The number of alkyl halides is 1. The zero-order valence-electron chi connectivity index (χ0n) is 11.4. The van der Waals surface area contributed by atoms with Gasteiger partial charge in [-0.15, -0.1) is 11.6 Å². The van der Waals surface area contributed by atoms with Crippen molar-refractivity contribution in [1.29, 1.82) is 0 Å². The number of hydrogen-bond donors (Lipinski definition) is 0. The third-order valence-corrected chi connectivity index (χ3v) is 3.99. The summed E-state index contributed by atoms with van der Waals surface area (Å²) in [6, 6.07) is 10.1. The van der Waals surface area contributed by atoms with Gasteiger partial charge < -0.3 is 4.74 Å². The van der Waals surface area contributed by atoms with Crippen LogP contribution in [0.2, 0.25) is 5.02 Å². The second-order valence-corrected chi connectivity index (χ2v) is 5.51. The zero-order chi connectivity index (χ0) is 14.4. The zero-order valence-corrected chi connectivity index (χ0v) is 12.9. The van der Waals surface area contributed by atoms with Crippen molar-refractivity contribution in [3.05, 3.63) is 52.8 Å². The fourth-order valence-corrected chi connectivity index (χ4v) is 2.59. The van der Waals surface area contributed by atoms with Crippen molar-refractivity contribution in [3.63, 3.8) is 0 Å². The summed E-state index contributed by atoms with van der Waals surface area (Å²) in [7, 11) is 1.68. The highest BCUT2D eigenvalue weighted by atomic mass is 35.5. The summed E-state index contributed by atoms with van der Waals surface area (Å²) < 4.78 is 6.96. The van der Waals surface area contributed by atoms with Crippen molar-refractivity contribution in [3.8, 4) is 0 Å². The van der Waals surface area contributed by atoms with E-state index in [2.05, 4.69) is 5.10 Å². The average molecular weight is 313 g/mol. The number of halogens is 2. The first kappa shape index (κ1) is 15.4. The maximum absolute atomic E-state index is 6.43. The van der Waals surface area contributed by atoms with Gasteiger partial charge in [0.2, 0.25) is 0 Å². The molecule has 0 N–H and O–H groups in total. The third-order valence-electron chi connectivity index (χ3n) is 3.20. The van der Waals surface area contributed by atoms with Crippen molar-refractivity contribution >= 4 is 23.2 Å². The van der Waals surface area contributed by atoms with Gasteiger partial charge in [-0.05, 0) is 18.4 Å². The van der Waals surface area contributed by atoms with Crippen LogP contribution in [0.3, 0.4) is 0 Å². The molecule has 5 heteroatoms. The van der Waals surface area contributed by atoms with Crippen LogP contribution < -0.4 is 0 Å². The highest BCUT2D eigenvalue weighted by molar-refractivity contribution is 6.31. The highest BCUT2D eigenvalue weighted by Gasteiger charge is 2.13. The van der Waals surface area contributed by atoms with Crippen molar-refractivity contribution in [2.24, 2.45) is 0 Å². The topological polar surface area (TPSA) is 27.1 Å². The van der Waals surface area contributed by atoms with Gasteiger partial charge in [-0.3, -0.25) is 4.68 Å². The van der Waals surface area contributed by atoms with Crippen LogP contribution in [0.25, 0.3) is 0 Å². The lowest BCUT2D eigenvalue weighted by Gasteiger charge is -2.11. The molecule has 0 bridgehead atoms. The summed E-state index contributed by atoms with van der Waals surface area (Å²) >= 11 is 12.6. The van der Waals surface area contributed by atoms with E-state index in [0.29, 0.717) is 18.2 Å². The molecule has 1 atom stereocenters. The van der Waals surface area contributed by atoms with E-state index in [1.54, 1.807) is 13.3 Å². The van der Waals surface area contributed by atoms with E-state index >= 15 is 0 Å². The number of ether oxygens (including phenoxy) is 1. The van der Waals surface area contributed by atoms with Crippen LogP contribution in [0.1, 0.15) is 23.1 Å². The fourth-order valence-electron chi connectivity index (χ4n) is 2.10. The summed E-state index contributed by atoms with van der Waals surface area (Å²) in [5.41, 5.74) is 2.15. The van der Waals surface area contributed by atoms with Gasteiger partial charge in [0, 0.05) is 7.11 Å². The SMILES string of the molecule is COCCn1ncc(Cl)c1CCC(Cl)c1ccccc1. The molecule has 0 fully saturated rings. The summed E-state index contributed by atoms with van der Waals surface area (Å²) in [5.74, 6) is 0. The van der Waals surface area contributed by atoms with Crippen molar-refractivity contribution < 1.29 is 4.74 Å². The highest BCUT2D eigenvalue weighted by Crippen LogP contribution is 2.27. The molecule has 0 spiro atoms. The van der Waals surface area contributed by atoms with Crippen LogP contribution in [-0.4, -0.2) is 23.5 Å². The molecule has 1 aromatic heterocycles. The van der Waals surface area contributed by atoms with Crippen LogP contribution in [0.4, 0.5) is 0 Å². The van der Waals surface area contributed by atoms with Crippen LogP contribution in [0, 0.1) is 0 Å². The molecule has 2 aromatic rings. The Morgan fingerprint density at radius 2 is 2.05 bits per heavy atom. The van der Waals surface area contributed by atoms with Gasteiger partial charge in [0.25, 0.3) is 0 Å². The van der Waals surface area contributed by atoms with Gasteiger partial charge in [0.15, 0.2) is 0 Å². The van der Waals surface area contributed by atoms with Crippen LogP contribution in [0.5, 0.6) is 0 Å². The van der Waals surface area contributed by atoms with Crippen LogP contribution in [-0.2, 0) is 17.7 Å². The van der Waals surface area contributed by atoms with E-state index in [1.165, 1.54) is 0 Å². The van der Waals surface area contributed by atoms with Gasteiger partial charge >= 0.3 is 0 Å². The molecule has 108 valence electrons. The van der Waals surface area contributed by atoms with Gasteiger partial charge in [-0.25, -0.2) is 0 Å². The van der Waals surface area contributed by atoms with Crippen molar-refractivity contribution in [2.75, 3.05) is 13.7 Å². The Balaban J connectivity index is 1.98. The lowest BCUT2D eigenvalue weighted by molar-refractivity contribution is 0.182. The molecular formula is C15H18Cl2N2O. The number of methoxy groups -OCH3 is 1. The Morgan fingerprint density at radius 3 is 2.75 bits per heavy atom. The number of rotatable bonds is 7. The van der Waals surface area contributed by atoms with Crippen molar-refractivity contribution in [1.82, 2.24) is 9.78 Å². The normalized spacial score (nSPS) is 12.6. The van der Waals surface area contributed by atoms with E-state index in [0.717, 1.165) is 24.1 Å². The van der Waals surface area contributed by atoms with E-state index in [-0.39, 0.29) is 5.38 Å². The summed E-state index contributed by atoms with van der Waals surface area (Å²) in [6.07, 6.45) is 3.30. The number of hydrogen-bond acceptors (Lipinski definition) is 2. The Bertz CT molecular complexity index is 528. The fraction of sp³-hybridized carbons (Fsp3) is 0.400. The standard InChI is InChI=1S/C15H18Cl2N2O/c1-20-10-9-19-15(14(17)11-18-19)8-7-13(16)12-5-3-2-4-6-12/h2-6,11,13H,7-10H2,1H3. The summed E-state index contributed by atoms with van der Waals surface area (Å²) in [5, 5.41) is 4.94. The molecule has 3 nitrogen and oxygen atoms in total. The van der Waals surface area contributed by atoms with E-state index in [1.807, 2.05) is 35.0 Å². The molecule has 1 aromatic carbocycles. The largest absolute Gasteiger partial charge is 0.383 e. The Labute approximate surface area is 129 Å². The Hall–Kier alpha value is -1.03. The predicted molar refractivity (Wildman–Crippen MR) is 82.5 cm³/mol.